The average molecular weight is 305 g/mol. The number of carbonyl (C=O) groups excluding carboxylic acids is 1. The molecule has 1 unspecified atom stereocenters. The van der Waals surface area contributed by atoms with Crippen LogP contribution in [0.4, 0.5) is 0 Å². The molecule has 0 saturated carbocycles. The highest BCUT2D eigenvalue weighted by atomic mass is 35.6. The van der Waals surface area contributed by atoms with E-state index in [2.05, 4.69) is 12.2 Å². The van der Waals surface area contributed by atoms with E-state index in [0.717, 1.165) is 19.3 Å². The smallest absolute Gasteiger partial charge is 0.234 e. The number of aliphatic hydroxyl groups is 1. The molecule has 0 aliphatic heterocycles. The van der Waals surface area contributed by atoms with Crippen LogP contribution in [-0.4, -0.2) is 21.0 Å². The molecule has 0 aromatic carbocycles. The molecule has 1 atom stereocenters. The third kappa shape index (κ3) is 9.95. The van der Waals surface area contributed by atoms with Crippen LogP contribution in [0.1, 0.15) is 51.9 Å². The summed E-state index contributed by atoms with van der Waals surface area (Å²) >= 11 is 16.2. The molecule has 0 spiro atoms. The first-order chi connectivity index (χ1) is 7.88. The lowest BCUT2D eigenvalue weighted by atomic mass is 10.1. The fraction of sp³-hybridized carbons (Fsp3) is 0.909. The molecule has 0 radical (unpaired) electrons. The summed E-state index contributed by atoms with van der Waals surface area (Å²) in [6.07, 6.45) is 5.47. The highest BCUT2D eigenvalue weighted by Crippen LogP contribution is 2.28. The van der Waals surface area contributed by atoms with Crippen molar-refractivity contribution in [2.45, 2.75) is 61.9 Å². The van der Waals surface area contributed by atoms with Crippen LogP contribution in [0.2, 0.25) is 0 Å². The minimum absolute atomic E-state index is 0.292. The molecule has 0 rings (SSSR count). The van der Waals surface area contributed by atoms with Gasteiger partial charge in [0.1, 0.15) is 0 Å². The first kappa shape index (κ1) is 17.3. The standard InChI is InChI=1S/C11H20Cl3NO2/c1-2-3-4-5-6-7-8-9(16)15-10(17)11(12,13)14/h10,17H,2-8H2,1H3,(H,15,16). The number of hydrogen-bond donors (Lipinski definition) is 2. The Hall–Kier alpha value is 0.300. The van der Waals surface area contributed by atoms with Crippen molar-refractivity contribution in [1.82, 2.24) is 5.32 Å². The van der Waals surface area contributed by atoms with E-state index in [4.69, 9.17) is 34.8 Å². The van der Waals surface area contributed by atoms with Gasteiger partial charge in [-0.05, 0) is 6.42 Å². The molecule has 0 aromatic heterocycles. The summed E-state index contributed by atoms with van der Waals surface area (Å²) in [6, 6.07) is 0. The van der Waals surface area contributed by atoms with Crippen molar-refractivity contribution in [3.8, 4) is 0 Å². The largest absolute Gasteiger partial charge is 0.369 e. The Morgan fingerprint density at radius 2 is 1.71 bits per heavy atom. The molecule has 6 heteroatoms. The van der Waals surface area contributed by atoms with Crippen molar-refractivity contribution in [3.05, 3.63) is 0 Å². The number of unbranched alkanes of at least 4 members (excludes halogenated alkanes) is 5. The zero-order chi connectivity index (χ0) is 13.3. The van der Waals surface area contributed by atoms with Crippen molar-refractivity contribution in [1.29, 1.82) is 0 Å². The van der Waals surface area contributed by atoms with Crippen LogP contribution in [-0.2, 0) is 4.79 Å². The van der Waals surface area contributed by atoms with Gasteiger partial charge in [-0.15, -0.1) is 0 Å². The van der Waals surface area contributed by atoms with Crippen LogP contribution in [0, 0.1) is 0 Å². The van der Waals surface area contributed by atoms with Crippen LogP contribution < -0.4 is 5.32 Å². The zero-order valence-corrected chi connectivity index (χ0v) is 12.3. The minimum atomic E-state index is -1.88. The Morgan fingerprint density at radius 1 is 1.18 bits per heavy atom. The fourth-order valence-corrected chi connectivity index (χ4v) is 1.54. The molecule has 3 nitrogen and oxygen atoms in total. The molecule has 0 aliphatic rings. The lowest BCUT2D eigenvalue weighted by Crippen LogP contribution is -2.43. The first-order valence-electron chi connectivity index (χ1n) is 5.92. The number of hydrogen-bond acceptors (Lipinski definition) is 2. The molecule has 0 aromatic rings. The van der Waals surface area contributed by atoms with Gasteiger partial charge in [0.2, 0.25) is 9.70 Å². The summed E-state index contributed by atoms with van der Waals surface area (Å²) in [5.41, 5.74) is 0. The van der Waals surface area contributed by atoms with Crippen molar-refractivity contribution in [3.63, 3.8) is 0 Å². The molecular weight excluding hydrogens is 284 g/mol. The average Bonchev–Trinajstić information content (AvgIpc) is 2.21. The highest BCUT2D eigenvalue weighted by Gasteiger charge is 2.31. The first-order valence-corrected chi connectivity index (χ1v) is 7.05. The topological polar surface area (TPSA) is 49.3 Å². The van der Waals surface area contributed by atoms with Gasteiger partial charge in [0.05, 0.1) is 0 Å². The zero-order valence-electron chi connectivity index (χ0n) is 10.0. The minimum Gasteiger partial charge on any atom is -0.369 e. The third-order valence-electron chi connectivity index (χ3n) is 2.37. The van der Waals surface area contributed by atoms with E-state index in [1.807, 2.05) is 0 Å². The molecule has 0 bridgehead atoms. The monoisotopic (exact) mass is 303 g/mol. The molecule has 102 valence electrons. The molecule has 0 fully saturated rings. The van der Waals surface area contributed by atoms with Gasteiger partial charge >= 0.3 is 0 Å². The van der Waals surface area contributed by atoms with Gasteiger partial charge in [0, 0.05) is 6.42 Å². The summed E-state index contributed by atoms with van der Waals surface area (Å²) in [6.45, 7) is 2.16. The second kappa shape index (κ2) is 9.26. The maximum atomic E-state index is 11.3. The summed E-state index contributed by atoms with van der Waals surface area (Å²) in [5, 5.41) is 11.5. The molecule has 0 aliphatic carbocycles. The number of aliphatic hydroxyl groups excluding tert-OH is 1. The van der Waals surface area contributed by atoms with E-state index >= 15 is 0 Å². The van der Waals surface area contributed by atoms with E-state index in [1.165, 1.54) is 19.3 Å². The van der Waals surface area contributed by atoms with Crippen LogP contribution in [0.15, 0.2) is 0 Å². The Bertz CT molecular complexity index is 219. The SMILES string of the molecule is CCCCCCCCC(=O)NC(O)C(Cl)(Cl)Cl. The van der Waals surface area contributed by atoms with Gasteiger partial charge in [-0.1, -0.05) is 73.8 Å². The van der Waals surface area contributed by atoms with Crippen molar-refractivity contribution in [2.75, 3.05) is 0 Å². The van der Waals surface area contributed by atoms with Crippen LogP contribution in [0.25, 0.3) is 0 Å². The molecule has 0 saturated heterocycles. The number of amides is 1. The number of alkyl halides is 3. The molecular formula is C11H20Cl3NO2. The predicted molar refractivity (Wildman–Crippen MR) is 72.4 cm³/mol. The number of carbonyl (C=O) groups is 1. The lowest BCUT2D eigenvalue weighted by Gasteiger charge is -2.19. The van der Waals surface area contributed by atoms with Gasteiger partial charge in [-0.2, -0.15) is 0 Å². The quantitative estimate of drug-likeness (QED) is 0.409. The van der Waals surface area contributed by atoms with Crippen molar-refractivity contribution >= 4 is 40.7 Å². The number of nitrogens with one attached hydrogen (secondary N) is 1. The normalized spacial score (nSPS) is 13.5. The Balaban J connectivity index is 3.53. The molecule has 2 N–H and O–H groups in total. The maximum absolute atomic E-state index is 11.3. The van der Waals surface area contributed by atoms with Gasteiger partial charge in [0.15, 0.2) is 6.23 Å². The predicted octanol–water partition coefficient (Wildman–Crippen LogP) is 3.54. The Morgan fingerprint density at radius 3 is 2.24 bits per heavy atom. The van der Waals surface area contributed by atoms with Gasteiger partial charge in [-0.25, -0.2) is 0 Å². The van der Waals surface area contributed by atoms with Gasteiger partial charge in [-0.3, -0.25) is 4.79 Å². The van der Waals surface area contributed by atoms with Crippen molar-refractivity contribution in [2.24, 2.45) is 0 Å². The van der Waals surface area contributed by atoms with E-state index in [0.29, 0.717) is 6.42 Å². The van der Waals surface area contributed by atoms with E-state index < -0.39 is 10.0 Å². The molecule has 17 heavy (non-hydrogen) atoms. The second-order valence-electron chi connectivity index (χ2n) is 4.03. The van der Waals surface area contributed by atoms with Crippen molar-refractivity contribution < 1.29 is 9.90 Å². The number of halogens is 3. The van der Waals surface area contributed by atoms with E-state index in [9.17, 15) is 9.90 Å². The van der Waals surface area contributed by atoms with Gasteiger partial charge < -0.3 is 10.4 Å². The second-order valence-corrected chi connectivity index (χ2v) is 6.40. The summed E-state index contributed by atoms with van der Waals surface area (Å²) in [7, 11) is 0. The van der Waals surface area contributed by atoms with Crippen LogP contribution >= 0.6 is 34.8 Å². The third-order valence-corrected chi connectivity index (χ3v) is 2.99. The van der Waals surface area contributed by atoms with E-state index in [-0.39, 0.29) is 5.91 Å². The Labute approximate surface area is 118 Å². The van der Waals surface area contributed by atoms with Crippen LogP contribution in [0.5, 0.6) is 0 Å². The van der Waals surface area contributed by atoms with Crippen LogP contribution in [0.3, 0.4) is 0 Å². The summed E-state index contributed by atoms with van der Waals surface area (Å²) < 4.78 is -1.88. The summed E-state index contributed by atoms with van der Waals surface area (Å²) in [4.78, 5) is 11.3. The highest BCUT2D eigenvalue weighted by molar-refractivity contribution is 6.68. The lowest BCUT2D eigenvalue weighted by molar-refractivity contribution is -0.124. The Kier molecular flexibility index (Phi) is 9.42. The molecule has 0 heterocycles. The fourth-order valence-electron chi connectivity index (χ4n) is 1.37. The summed E-state index contributed by atoms with van der Waals surface area (Å²) in [5.74, 6) is -0.292. The van der Waals surface area contributed by atoms with Gasteiger partial charge in [0.25, 0.3) is 0 Å². The maximum Gasteiger partial charge on any atom is 0.234 e. The molecule has 1 amide bonds. The van der Waals surface area contributed by atoms with E-state index in [1.54, 1.807) is 0 Å². The number of rotatable bonds is 8.